The molecule has 12 nitrogen and oxygen atoms in total. The number of piperazine rings is 1. The molecule has 0 spiro atoms. The monoisotopic (exact) mass is 718 g/mol. The maximum atomic E-state index is 13.2. The standard InChI is InChI=1S/C33H44Cl2N8O4S/c1-4-47-25-19-43(9-7-22(25)14-24(44)30-28(35)27(34)20(2)38-30)33-39-29(31(48-33)32(45)46)23-15-37-26(16-36-23)42-12-10-41(11-13-42)18-21-6-5-8-40(3)17-21/h15-16,21-22,25,38H,4-14,17-19H2,1-3H3,(H,45,46)/t21?,22-,25-/m0/s1. The summed E-state index contributed by atoms with van der Waals surface area (Å²) < 4.78 is 6.10. The largest absolute Gasteiger partial charge is 0.477 e. The second kappa shape index (κ2) is 15.4. The Morgan fingerprint density at radius 1 is 1.04 bits per heavy atom. The first-order chi connectivity index (χ1) is 23.1. The molecule has 0 aliphatic carbocycles. The number of aromatic carboxylic acids is 1. The van der Waals surface area contributed by atoms with Gasteiger partial charge in [-0.05, 0) is 58.5 Å². The van der Waals surface area contributed by atoms with Crippen LogP contribution in [0.25, 0.3) is 11.4 Å². The number of aromatic nitrogens is 4. The zero-order valence-corrected chi connectivity index (χ0v) is 30.1. The first-order valence-electron chi connectivity index (χ1n) is 16.8. The second-order valence-electron chi connectivity index (χ2n) is 13.2. The van der Waals surface area contributed by atoms with Crippen molar-refractivity contribution in [3.63, 3.8) is 0 Å². The number of likely N-dealkylation sites (tertiary alicyclic amines) is 1. The quantitative estimate of drug-likeness (QED) is 0.254. The predicted molar refractivity (Wildman–Crippen MR) is 189 cm³/mol. The van der Waals surface area contributed by atoms with Crippen molar-refractivity contribution in [3.05, 3.63) is 38.7 Å². The molecular formula is C33H44Cl2N8O4S. The highest BCUT2D eigenvalue weighted by Gasteiger charge is 2.35. The molecule has 3 atom stereocenters. The number of nitrogens with one attached hydrogen (secondary N) is 1. The fourth-order valence-corrected chi connectivity index (χ4v) is 8.58. The normalized spacial score (nSPS) is 22.7. The summed E-state index contributed by atoms with van der Waals surface area (Å²) in [6.45, 7) is 12.5. The topological polar surface area (TPSA) is 131 Å². The molecule has 3 aliphatic heterocycles. The summed E-state index contributed by atoms with van der Waals surface area (Å²) in [5.74, 6) is 0.315. The van der Waals surface area contributed by atoms with Crippen molar-refractivity contribution in [2.24, 2.45) is 11.8 Å². The first kappa shape index (κ1) is 35.0. The summed E-state index contributed by atoms with van der Waals surface area (Å²) in [5, 5.41) is 11.3. The predicted octanol–water partition coefficient (Wildman–Crippen LogP) is 5.21. The highest BCUT2D eigenvalue weighted by Crippen LogP contribution is 2.37. The third kappa shape index (κ3) is 7.81. The molecule has 260 valence electrons. The van der Waals surface area contributed by atoms with Gasteiger partial charge in [0.05, 0.1) is 28.5 Å². The molecule has 6 heterocycles. The molecule has 3 saturated heterocycles. The van der Waals surface area contributed by atoms with Gasteiger partial charge in [0.1, 0.15) is 27.8 Å². The molecular weight excluding hydrogens is 675 g/mol. The number of H-pyrrole nitrogens is 1. The molecule has 1 unspecified atom stereocenters. The smallest absolute Gasteiger partial charge is 0.348 e. The van der Waals surface area contributed by atoms with E-state index in [9.17, 15) is 14.7 Å². The van der Waals surface area contributed by atoms with Crippen LogP contribution in [0.5, 0.6) is 0 Å². The Kier molecular flexibility index (Phi) is 11.2. The summed E-state index contributed by atoms with van der Waals surface area (Å²) in [6.07, 6.45) is 6.62. The average molecular weight is 720 g/mol. The number of Topliss-reactive ketones (excluding diaryl/α,β-unsaturated/α-hetero) is 1. The lowest BCUT2D eigenvalue weighted by molar-refractivity contribution is 0.0103. The SMILES string of the molecule is CCO[C@H]1CN(c2nc(-c3cnc(N4CCN(CC5CCCN(C)C5)CC4)cn3)c(C(=O)O)s2)CC[C@H]1CC(=O)c1[nH]c(C)c(Cl)c1Cl. The molecule has 0 radical (unpaired) electrons. The number of carbonyl (C=O) groups excluding carboxylic acids is 1. The van der Waals surface area contributed by atoms with E-state index in [1.54, 1.807) is 19.3 Å². The van der Waals surface area contributed by atoms with Gasteiger partial charge in [-0.15, -0.1) is 0 Å². The zero-order chi connectivity index (χ0) is 33.9. The van der Waals surface area contributed by atoms with Gasteiger partial charge in [0.15, 0.2) is 10.9 Å². The number of halogens is 2. The number of hydrogen-bond donors (Lipinski definition) is 2. The van der Waals surface area contributed by atoms with Crippen LogP contribution in [0.1, 0.15) is 58.5 Å². The van der Waals surface area contributed by atoms with Crippen molar-refractivity contribution in [1.82, 2.24) is 29.7 Å². The molecule has 3 aromatic heterocycles. The Labute approximate surface area is 295 Å². The van der Waals surface area contributed by atoms with Crippen LogP contribution in [0, 0.1) is 18.8 Å². The van der Waals surface area contributed by atoms with E-state index in [4.69, 9.17) is 32.9 Å². The number of ketones is 1. The van der Waals surface area contributed by atoms with Crippen molar-refractivity contribution in [3.8, 4) is 11.4 Å². The summed E-state index contributed by atoms with van der Waals surface area (Å²) >= 11 is 13.6. The number of carboxylic acids is 1. The number of rotatable bonds is 11. The maximum absolute atomic E-state index is 13.2. The van der Waals surface area contributed by atoms with Crippen LogP contribution in [-0.4, -0.2) is 125 Å². The Bertz CT molecular complexity index is 1590. The van der Waals surface area contributed by atoms with Crippen LogP contribution < -0.4 is 9.80 Å². The number of aryl methyl sites for hydroxylation is 1. The van der Waals surface area contributed by atoms with Crippen LogP contribution >= 0.6 is 34.5 Å². The van der Waals surface area contributed by atoms with E-state index in [2.05, 4.69) is 36.7 Å². The minimum Gasteiger partial charge on any atom is -0.477 e. The molecule has 3 aromatic rings. The molecule has 3 aliphatic rings. The second-order valence-corrected chi connectivity index (χ2v) is 14.9. The number of carbonyl (C=O) groups is 2. The number of thiazole rings is 1. The van der Waals surface area contributed by atoms with Crippen LogP contribution in [0.2, 0.25) is 10.0 Å². The molecule has 0 aromatic carbocycles. The molecule has 6 rings (SSSR count). The molecule has 0 bridgehead atoms. The van der Waals surface area contributed by atoms with Gasteiger partial charge >= 0.3 is 5.97 Å². The fraction of sp³-hybridized carbons (Fsp3) is 0.606. The fourth-order valence-electron chi connectivity index (χ4n) is 7.20. The van der Waals surface area contributed by atoms with Gasteiger partial charge in [0, 0.05) is 71.1 Å². The minimum absolute atomic E-state index is 0.0419. The van der Waals surface area contributed by atoms with Crippen LogP contribution in [0.15, 0.2) is 12.4 Å². The average Bonchev–Trinajstić information content (AvgIpc) is 3.64. The maximum Gasteiger partial charge on any atom is 0.348 e. The van der Waals surface area contributed by atoms with E-state index in [1.165, 1.54) is 25.9 Å². The number of nitrogens with zero attached hydrogens (tertiary/aromatic N) is 7. The third-order valence-corrected chi connectivity index (χ3v) is 11.8. The molecule has 0 saturated carbocycles. The Hall–Kier alpha value is -2.81. The van der Waals surface area contributed by atoms with Crippen LogP contribution in [0.4, 0.5) is 10.9 Å². The number of carboxylic acid groups (broad SMARTS) is 1. The number of ether oxygens (including phenoxy) is 1. The van der Waals surface area contributed by atoms with Gasteiger partial charge in [-0.25, -0.2) is 19.7 Å². The summed E-state index contributed by atoms with van der Waals surface area (Å²) in [7, 11) is 2.21. The van der Waals surface area contributed by atoms with E-state index >= 15 is 0 Å². The van der Waals surface area contributed by atoms with E-state index < -0.39 is 5.97 Å². The van der Waals surface area contributed by atoms with Crippen LogP contribution in [0.3, 0.4) is 0 Å². The summed E-state index contributed by atoms with van der Waals surface area (Å²) in [5.41, 5.74) is 1.72. The van der Waals surface area contributed by atoms with Crippen molar-refractivity contribution >= 4 is 57.2 Å². The highest BCUT2D eigenvalue weighted by atomic mass is 35.5. The van der Waals surface area contributed by atoms with Gasteiger partial charge in [-0.1, -0.05) is 34.5 Å². The van der Waals surface area contributed by atoms with Crippen molar-refractivity contribution in [1.29, 1.82) is 0 Å². The lowest BCUT2D eigenvalue weighted by Gasteiger charge is -2.39. The van der Waals surface area contributed by atoms with E-state index in [0.29, 0.717) is 59.0 Å². The highest BCUT2D eigenvalue weighted by molar-refractivity contribution is 7.17. The molecule has 0 amide bonds. The van der Waals surface area contributed by atoms with E-state index in [1.807, 2.05) is 11.8 Å². The van der Waals surface area contributed by atoms with E-state index in [0.717, 1.165) is 55.8 Å². The van der Waals surface area contributed by atoms with Gasteiger partial charge in [0.25, 0.3) is 0 Å². The van der Waals surface area contributed by atoms with Gasteiger partial charge in [-0.2, -0.15) is 0 Å². The molecule has 2 N–H and O–H groups in total. The van der Waals surface area contributed by atoms with E-state index in [-0.39, 0.29) is 34.1 Å². The number of hydrogen-bond acceptors (Lipinski definition) is 11. The number of anilines is 2. The number of piperidine rings is 2. The van der Waals surface area contributed by atoms with Crippen LogP contribution in [-0.2, 0) is 4.74 Å². The minimum atomic E-state index is -1.06. The third-order valence-electron chi connectivity index (χ3n) is 9.75. The molecule has 15 heteroatoms. The lowest BCUT2D eigenvalue weighted by Crippen LogP contribution is -2.49. The van der Waals surface area contributed by atoms with Crippen molar-refractivity contribution in [2.45, 2.75) is 45.6 Å². The zero-order valence-electron chi connectivity index (χ0n) is 27.8. The molecule has 3 fully saturated rings. The summed E-state index contributed by atoms with van der Waals surface area (Å²) in [4.78, 5) is 52.0. The van der Waals surface area contributed by atoms with Gasteiger partial charge < -0.3 is 29.5 Å². The number of aromatic amines is 1. The molecule has 48 heavy (non-hydrogen) atoms. The van der Waals surface area contributed by atoms with Crippen molar-refractivity contribution in [2.75, 3.05) is 82.4 Å². The van der Waals surface area contributed by atoms with Crippen molar-refractivity contribution < 1.29 is 19.4 Å². The van der Waals surface area contributed by atoms with Gasteiger partial charge in [0.2, 0.25) is 0 Å². The first-order valence-corrected chi connectivity index (χ1v) is 18.3. The van der Waals surface area contributed by atoms with Gasteiger partial charge in [-0.3, -0.25) is 9.69 Å². The lowest BCUT2D eigenvalue weighted by atomic mass is 9.88. The summed E-state index contributed by atoms with van der Waals surface area (Å²) in [6, 6.07) is 0. The Morgan fingerprint density at radius 2 is 1.83 bits per heavy atom. The Balaban J connectivity index is 1.10. The Morgan fingerprint density at radius 3 is 2.48 bits per heavy atom.